The van der Waals surface area contributed by atoms with E-state index in [-0.39, 0.29) is 28.8 Å². The molecule has 29 heavy (non-hydrogen) atoms. The van der Waals surface area contributed by atoms with Crippen LogP contribution in [0, 0.1) is 21.3 Å². The van der Waals surface area contributed by atoms with Crippen molar-refractivity contribution in [2.75, 3.05) is 12.4 Å². The van der Waals surface area contributed by atoms with Gasteiger partial charge in [0.15, 0.2) is 5.78 Å². The van der Waals surface area contributed by atoms with Crippen LogP contribution in [0.25, 0.3) is 0 Å². The standard InChI is InChI=1S/C22H26FNO4S/c1-3-5-11-22(4-2,14-25)15-29-20-10-9-17(23)13-19(20)21(26)16-7-6-8-18(12-16)24(27)28/h6-10,12-13,25H,3-5,11,14-15H2,1-2H3/t22-/m0/s1. The van der Waals surface area contributed by atoms with Gasteiger partial charge in [0.1, 0.15) is 5.82 Å². The molecule has 1 atom stereocenters. The van der Waals surface area contributed by atoms with Gasteiger partial charge >= 0.3 is 0 Å². The first-order valence-corrected chi connectivity index (χ1v) is 10.7. The molecule has 2 aromatic rings. The SMILES string of the molecule is CCCC[C@@](CC)(CO)CSc1ccc(F)cc1C(=O)c1cccc([N+](=O)[O-])c1. The first-order valence-electron chi connectivity index (χ1n) is 9.68. The van der Waals surface area contributed by atoms with Crippen molar-refractivity contribution in [3.8, 4) is 0 Å². The second-order valence-corrected chi connectivity index (χ2v) is 8.20. The van der Waals surface area contributed by atoms with Gasteiger partial charge in [-0.05, 0) is 31.0 Å². The Hall–Kier alpha value is -2.25. The summed E-state index contributed by atoms with van der Waals surface area (Å²) in [5, 5.41) is 21.0. The number of aliphatic hydroxyl groups is 1. The number of rotatable bonds is 11. The molecule has 0 aliphatic rings. The van der Waals surface area contributed by atoms with Gasteiger partial charge in [-0.15, -0.1) is 11.8 Å². The van der Waals surface area contributed by atoms with Crippen LogP contribution in [0.4, 0.5) is 10.1 Å². The molecule has 2 rings (SSSR count). The topological polar surface area (TPSA) is 80.4 Å². The van der Waals surface area contributed by atoms with E-state index in [1.54, 1.807) is 6.07 Å². The minimum absolute atomic E-state index is 0.0475. The number of benzene rings is 2. The average Bonchev–Trinajstić information content (AvgIpc) is 2.74. The summed E-state index contributed by atoms with van der Waals surface area (Å²) in [4.78, 5) is 24.0. The number of non-ortho nitro benzene ring substituents is 1. The summed E-state index contributed by atoms with van der Waals surface area (Å²) in [6, 6.07) is 9.46. The zero-order valence-electron chi connectivity index (χ0n) is 16.7. The Morgan fingerprint density at radius 3 is 2.62 bits per heavy atom. The highest BCUT2D eigenvalue weighted by molar-refractivity contribution is 7.99. The third-order valence-electron chi connectivity index (χ3n) is 5.19. The van der Waals surface area contributed by atoms with Crippen LogP contribution in [0.2, 0.25) is 0 Å². The molecule has 7 heteroatoms. The normalized spacial score (nSPS) is 13.1. The van der Waals surface area contributed by atoms with E-state index < -0.39 is 16.5 Å². The lowest BCUT2D eigenvalue weighted by molar-refractivity contribution is -0.384. The highest BCUT2D eigenvalue weighted by Crippen LogP contribution is 2.37. The lowest BCUT2D eigenvalue weighted by Crippen LogP contribution is -2.27. The fourth-order valence-electron chi connectivity index (χ4n) is 3.09. The summed E-state index contributed by atoms with van der Waals surface area (Å²) in [6.45, 7) is 4.18. The van der Waals surface area contributed by atoms with Crippen LogP contribution in [-0.2, 0) is 0 Å². The van der Waals surface area contributed by atoms with E-state index in [1.165, 1.54) is 48.2 Å². The molecule has 0 aliphatic heterocycles. The summed E-state index contributed by atoms with van der Waals surface area (Å²) in [5.41, 5.74) is -0.136. The number of ketones is 1. The number of hydrogen-bond acceptors (Lipinski definition) is 5. The predicted octanol–water partition coefficient (Wildman–Crippen LogP) is 5.64. The van der Waals surface area contributed by atoms with E-state index in [9.17, 15) is 24.4 Å². The van der Waals surface area contributed by atoms with Gasteiger partial charge in [0, 0.05) is 45.9 Å². The van der Waals surface area contributed by atoms with Crippen molar-refractivity contribution in [1.82, 2.24) is 0 Å². The van der Waals surface area contributed by atoms with Crippen molar-refractivity contribution in [3.05, 3.63) is 69.5 Å². The smallest absolute Gasteiger partial charge is 0.270 e. The maximum atomic E-state index is 13.9. The molecular formula is C22H26FNO4S. The molecule has 0 aromatic heterocycles. The lowest BCUT2D eigenvalue weighted by atomic mass is 9.83. The Bertz CT molecular complexity index is 868. The van der Waals surface area contributed by atoms with Gasteiger partial charge in [-0.3, -0.25) is 14.9 Å². The summed E-state index contributed by atoms with van der Waals surface area (Å²) in [7, 11) is 0. The number of thioether (sulfide) groups is 1. The third-order valence-corrected chi connectivity index (χ3v) is 6.61. The van der Waals surface area contributed by atoms with Crippen LogP contribution in [0.1, 0.15) is 55.5 Å². The predicted molar refractivity (Wildman–Crippen MR) is 113 cm³/mol. The first-order chi connectivity index (χ1) is 13.9. The average molecular weight is 420 g/mol. The number of carbonyl (C=O) groups excluding carboxylic acids is 1. The number of aliphatic hydroxyl groups excluding tert-OH is 1. The molecule has 0 amide bonds. The van der Waals surface area contributed by atoms with Crippen molar-refractivity contribution in [3.63, 3.8) is 0 Å². The fourth-order valence-corrected chi connectivity index (χ4v) is 4.46. The van der Waals surface area contributed by atoms with Gasteiger partial charge in [-0.1, -0.05) is 38.8 Å². The molecule has 0 fully saturated rings. The molecule has 156 valence electrons. The maximum Gasteiger partial charge on any atom is 0.270 e. The van der Waals surface area contributed by atoms with Crippen LogP contribution in [0.5, 0.6) is 0 Å². The molecule has 0 radical (unpaired) electrons. The molecule has 0 saturated carbocycles. The number of nitro benzene ring substituents is 1. The highest BCUT2D eigenvalue weighted by atomic mass is 32.2. The summed E-state index contributed by atoms with van der Waals surface area (Å²) < 4.78 is 13.9. The Morgan fingerprint density at radius 1 is 1.24 bits per heavy atom. The monoisotopic (exact) mass is 419 g/mol. The van der Waals surface area contributed by atoms with E-state index in [0.29, 0.717) is 10.6 Å². The van der Waals surface area contributed by atoms with Crippen LogP contribution >= 0.6 is 11.8 Å². The van der Waals surface area contributed by atoms with Gasteiger partial charge < -0.3 is 5.11 Å². The molecular weight excluding hydrogens is 393 g/mol. The number of carbonyl (C=O) groups is 1. The second-order valence-electron chi connectivity index (χ2n) is 7.18. The number of hydrogen-bond donors (Lipinski definition) is 1. The molecule has 0 saturated heterocycles. The van der Waals surface area contributed by atoms with Gasteiger partial charge in [0.25, 0.3) is 5.69 Å². The molecule has 0 heterocycles. The molecule has 0 spiro atoms. The number of nitrogens with zero attached hydrogens (tertiary/aromatic N) is 1. The molecule has 0 unspecified atom stereocenters. The van der Waals surface area contributed by atoms with E-state index >= 15 is 0 Å². The quantitative estimate of drug-likeness (QED) is 0.221. The maximum absolute atomic E-state index is 13.9. The summed E-state index contributed by atoms with van der Waals surface area (Å²) in [5.74, 6) is -0.408. The van der Waals surface area contributed by atoms with Crippen molar-refractivity contribution < 1.29 is 19.2 Å². The Labute approximate surface area is 174 Å². The van der Waals surface area contributed by atoms with Crippen molar-refractivity contribution in [2.24, 2.45) is 5.41 Å². The zero-order valence-corrected chi connectivity index (χ0v) is 17.5. The van der Waals surface area contributed by atoms with E-state index in [2.05, 4.69) is 6.92 Å². The van der Waals surface area contributed by atoms with Crippen LogP contribution in [0.3, 0.4) is 0 Å². The molecule has 5 nitrogen and oxygen atoms in total. The Morgan fingerprint density at radius 2 is 2.00 bits per heavy atom. The second kappa shape index (κ2) is 10.5. The largest absolute Gasteiger partial charge is 0.396 e. The van der Waals surface area contributed by atoms with Gasteiger partial charge in [-0.2, -0.15) is 0 Å². The van der Waals surface area contributed by atoms with Gasteiger partial charge in [-0.25, -0.2) is 4.39 Å². The van der Waals surface area contributed by atoms with E-state index in [1.807, 2.05) is 6.92 Å². The molecule has 2 aromatic carbocycles. The Balaban J connectivity index is 2.33. The van der Waals surface area contributed by atoms with Crippen molar-refractivity contribution >= 4 is 23.2 Å². The van der Waals surface area contributed by atoms with E-state index in [0.717, 1.165) is 25.7 Å². The molecule has 0 bridgehead atoms. The van der Waals surface area contributed by atoms with E-state index in [4.69, 9.17) is 0 Å². The van der Waals surface area contributed by atoms with Crippen LogP contribution in [-0.4, -0.2) is 28.2 Å². The number of halogens is 1. The third kappa shape index (κ3) is 5.87. The minimum atomic E-state index is -0.567. The lowest BCUT2D eigenvalue weighted by Gasteiger charge is -2.30. The van der Waals surface area contributed by atoms with Gasteiger partial charge in [0.2, 0.25) is 0 Å². The highest BCUT2D eigenvalue weighted by Gasteiger charge is 2.28. The van der Waals surface area contributed by atoms with Crippen LogP contribution in [0.15, 0.2) is 47.4 Å². The fraction of sp³-hybridized carbons (Fsp3) is 0.409. The minimum Gasteiger partial charge on any atom is -0.396 e. The summed E-state index contributed by atoms with van der Waals surface area (Å²) in [6.07, 6.45) is 3.70. The number of nitro groups is 1. The molecule has 1 N–H and O–H groups in total. The Kier molecular flexibility index (Phi) is 8.34. The molecule has 0 aliphatic carbocycles. The van der Waals surface area contributed by atoms with Crippen molar-refractivity contribution in [1.29, 1.82) is 0 Å². The van der Waals surface area contributed by atoms with Gasteiger partial charge in [0.05, 0.1) is 4.92 Å². The van der Waals surface area contributed by atoms with Crippen LogP contribution < -0.4 is 0 Å². The van der Waals surface area contributed by atoms with Crippen molar-refractivity contribution in [2.45, 2.75) is 44.4 Å². The zero-order chi connectivity index (χ0) is 21.4. The summed E-state index contributed by atoms with van der Waals surface area (Å²) >= 11 is 1.41. The number of unbranched alkanes of at least 4 members (excludes halogenated alkanes) is 1. The first kappa shape index (κ1) is 23.0.